The largest absolute Gasteiger partial charge is 0.481 e. The fourth-order valence-electron chi connectivity index (χ4n) is 3.90. The number of imide groups is 1. The molecule has 0 aromatic heterocycles. The average Bonchev–Trinajstić information content (AvgIpc) is 3.22. The molecule has 0 saturated carbocycles. The highest BCUT2D eigenvalue weighted by molar-refractivity contribution is 5.97. The third-order valence-electron chi connectivity index (χ3n) is 5.01. The summed E-state index contributed by atoms with van der Waals surface area (Å²) < 4.78 is 5.53. The van der Waals surface area contributed by atoms with Crippen LogP contribution in [-0.2, 0) is 14.3 Å². The number of likely N-dealkylation sites (tertiary alicyclic amines) is 1. The van der Waals surface area contributed by atoms with E-state index in [9.17, 15) is 19.5 Å². The van der Waals surface area contributed by atoms with Gasteiger partial charge in [-0.25, -0.2) is 4.79 Å². The third kappa shape index (κ3) is 3.48. The number of fused-ring (bicyclic) bond motifs is 2. The van der Waals surface area contributed by atoms with Crippen molar-refractivity contribution in [1.29, 1.82) is 0 Å². The number of aliphatic carboxylic acids is 1. The molecular weight excluding hydrogens is 302 g/mol. The Bertz CT molecular complexity index is 492. The Kier molecular flexibility index (Phi) is 4.82. The minimum absolute atomic E-state index is 0.390. The molecule has 0 aliphatic carbocycles. The van der Waals surface area contributed by atoms with Crippen molar-refractivity contribution in [1.82, 2.24) is 15.5 Å². The van der Waals surface area contributed by atoms with Crippen molar-refractivity contribution < 1.29 is 24.2 Å². The summed E-state index contributed by atoms with van der Waals surface area (Å²) in [4.78, 5) is 37.7. The summed E-state index contributed by atoms with van der Waals surface area (Å²) >= 11 is 0. The first-order valence-corrected chi connectivity index (χ1v) is 8.25. The van der Waals surface area contributed by atoms with Gasteiger partial charge in [0.25, 0.3) is 0 Å². The summed E-state index contributed by atoms with van der Waals surface area (Å²) in [7, 11) is 0. The molecule has 3 aliphatic rings. The first-order valence-electron chi connectivity index (χ1n) is 8.25. The number of rotatable bonds is 5. The maximum atomic E-state index is 12.3. The van der Waals surface area contributed by atoms with Crippen LogP contribution >= 0.6 is 0 Å². The number of hydrogen-bond donors (Lipinski definition) is 3. The molecular formula is C15H23N3O5. The van der Waals surface area contributed by atoms with Crippen molar-refractivity contribution in [2.24, 2.45) is 11.8 Å². The van der Waals surface area contributed by atoms with Crippen molar-refractivity contribution in [2.75, 3.05) is 26.2 Å². The van der Waals surface area contributed by atoms with Crippen LogP contribution in [0.3, 0.4) is 0 Å². The zero-order valence-corrected chi connectivity index (χ0v) is 13.0. The second-order valence-corrected chi connectivity index (χ2v) is 6.47. The van der Waals surface area contributed by atoms with Crippen LogP contribution < -0.4 is 10.6 Å². The van der Waals surface area contributed by atoms with Crippen molar-refractivity contribution in [3.05, 3.63) is 0 Å². The lowest BCUT2D eigenvalue weighted by molar-refractivity contribution is -0.147. The number of carbonyl (C=O) groups excluding carboxylic acids is 2. The first kappa shape index (κ1) is 16.2. The second kappa shape index (κ2) is 6.84. The smallest absolute Gasteiger partial charge is 0.321 e. The molecule has 0 aromatic carbocycles. The van der Waals surface area contributed by atoms with E-state index in [1.165, 1.54) is 12.8 Å². The monoisotopic (exact) mass is 325 g/mol. The van der Waals surface area contributed by atoms with Crippen molar-refractivity contribution in [2.45, 2.75) is 37.9 Å². The van der Waals surface area contributed by atoms with Gasteiger partial charge in [-0.2, -0.15) is 0 Å². The van der Waals surface area contributed by atoms with Gasteiger partial charge in [0.05, 0.1) is 24.0 Å². The average molecular weight is 325 g/mol. The molecule has 0 aromatic rings. The van der Waals surface area contributed by atoms with Crippen LogP contribution in [-0.4, -0.2) is 66.3 Å². The highest BCUT2D eigenvalue weighted by Gasteiger charge is 2.55. The Morgan fingerprint density at radius 2 is 1.74 bits per heavy atom. The Labute approximate surface area is 134 Å². The fraction of sp³-hybridized carbons (Fsp3) is 0.800. The molecule has 2 unspecified atom stereocenters. The quantitative estimate of drug-likeness (QED) is 0.645. The second-order valence-electron chi connectivity index (χ2n) is 6.47. The van der Waals surface area contributed by atoms with E-state index in [1.54, 1.807) is 0 Å². The van der Waals surface area contributed by atoms with Gasteiger partial charge in [-0.3, -0.25) is 14.9 Å². The molecule has 2 bridgehead atoms. The number of carbonyl (C=O) groups is 3. The molecule has 3 saturated heterocycles. The molecule has 4 atom stereocenters. The van der Waals surface area contributed by atoms with Gasteiger partial charge in [0.1, 0.15) is 0 Å². The van der Waals surface area contributed by atoms with E-state index >= 15 is 0 Å². The predicted molar refractivity (Wildman–Crippen MR) is 79.7 cm³/mol. The molecule has 3 fully saturated rings. The molecule has 0 radical (unpaired) electrons. The zero-order valence-electron chi connectivity index (χ0n) is 13.0. The summed E-state index contributed by atoms with van der Waals surface area (Å²) in [5.41, 5.74) is 0. The Morgan fingerprint density at radius 3 is 2.39 bits per heavy atom. The Hall–Kier alpha value is -1.67. The normalized spacial score (nSPS) is 32.9. The molecule has 8 heteroatoms. The Balaban J connectivity index is 1.46. The summed E-state index contributed by atoms with van der Waals surface area (Å²) in [6.07, 6.45) is 2.90. The molecule has 128 valence electrons. The summed E-state index contributed by atoms with van der Waals surface area (Å²) in [6.45, 7) is 3.32. The number of nitrogens with one attached hydrogen (secondary N) is 2. The van der Waals surface area contributed by atoms with Gasteiger partial charge < -0.3 is 20.1 Å². The predicted octanol–water partition coefficient (Wildman–Crippen LogP) is -0.214. The topological polar surface area (TPSA) is 108 Å². The standard InChI is InChI=1S/C15H23N3O5/c19-13(11-9-3-4-10(23-9)12(11)14(20)21)17-15(22)16-5-8-18-6-1-2-7-18/h9-12H,1-8H2,(H,20,21)(H2,16,17,19,22)/t9-,10+,11?,12?/m1/s1. The van der Waals surface area contributed by atoms with E-state index in [0.29, 0.717) is 19.4 Å². The van der Waals surface area contributed by atoms with Crippen molar-refractivity contribution in [3.8, 4) is 0 Å². The lowest BCUT2D eigenvalue weighted by Gasteiger charge is -2.23. The van der Waals surface area contributed by atoms with Crippen molar-refractivity contribution in [3.63, 3.8) is 0 Å². The molecule has 3 heterocycles. The van der Waals surface area contributed by atoms with Crippen LogP contribution in [0.2, 0.25) is 0 Å². The maximum Gasteiger partial charge on any atom is 0.321 e. The number of hydrogen-bond acceptors (Lipinski definition) is 5. The van der Waals surface area contributed by atoms with E-state index in [1.807, 2.05) is 0 Å². The molecule has 3 aliphatic heterocycles. The first-order chi connectivity index (χ1) is 11.1. The number of carboxylic acid groups (broad SMARTS) is 1. The van der Waals surface area contributed by atoms with Crippen LogP contribution in [0.15, 0.2) is 0 Å². The minimum atomic E-state index is -1.04. The summed E-state index contributed by atoms with van der Waals surface area (Å²) in [5, 5.41) is 14.2. The van der Waals surface area contributed by atoms with Gasteiger partial charge in [0.2, 0.25) is 5.91 Å². The van der Waals surface area contributed by atoms with Crippen molar-refractivity contribution >= 4 is 17.9 Å². The van der Waals surface area contributed by atoms with Gasteiger partial charge in [-0.15, -0.1) is 0 Å². The highest BCUT2D eigenvalue weighted by atomic mass is 16.5. The molecule has 3 N–H and O–H groups in total. The molecule has 3 rings (SSSR count). The zero-order chi connectivity index (χ0) is 16.4. The number of amides is 3. The van der Waals surface area contributed by atoms with Gasteiger partial charge in [0.15, 0.2) is 0 Å². The van der Waals surface area contributed by atoms with E-state index in [4.69, 9.17) is 4.74 Å². The number of urea groups is 1. The lowest BCUT2D eigenvalue weighted by Crippen LogP contribution is -2.49. The lowest BCUT2D eigenvalue weighted by atomic mass is 9.79. The van der Waals surface area contributed by atoms with Crippen LogP contribution in [0.1, 0.15) is 25.7 Å². The molecule has 3 amide bonds. The summed E-state index contributed by atoms with van der Waals surface area (Å²) in [5.74, 6) is -3.23. The van der Waals surface area contributed by atoms with E-state index in [-0.39, 0.29) is 0 Å². The van der Waals surface area contributed by atoms with Gasteiger partial charge in [0, 0.05) is 13.1 Å². The van der Waals surface area contributed by atoms with Gasteiger partial charge in [-0.05, 0) is 38.8 Å². The van der Waals surface area contributed by atoms with Crippen LogP contribution in [0.4, 0.5) is 4.79 Å². The number of nitrogens with zero attached hydrogens (tertiary/aromatic N) is 1. The number of carboxylic acids is 1. The Morgan fingerprint density at radius 1 is 1.09 bits per heavy atom. The molecule has 0 spiro atoms. The van der Waals surface area contributed by atoms with E-state index in [0.717, 1.165) is 19.6 Å². The highest BCUT2D eigenvalue weighted by Crippen LogP contribution is 2.43. The fourth-order valence-corrected chi connectivity index (χ4v) is 3.90. The maximum absolute atomic E-state index is 12.3. The molecule has 23 heavy (non-hydrogen) atoms. The molecule has 8 nitrogen and oxygen atoms in total. The number of ether oxygens (including phenoxy) is 1. The van der Waals surface area contributed by atoms with E-state index < -0.39 is 42.0 Å². The SMILES string of the molecule is O=C(NCCN1CCCC1)NC(=O)C1C(C(=O)O)[C@@H]2CC[C@H]1O2. The summed E-state index contributed by atoms with van der Waals surface area (Å²) in [6, 6.07) is -0.568. The van der Waals surface area contributed by atoms with E-state index in [2.05, 4.69) is 15.5 Å². The third-order valence-corrected chi connectivity index (χ3v) is 5.01. The van der Waals surface area contributed by atoms with Gasteiger partial charge >= 0.3 is 12.0 Å². The van der Waals surface area contributed by atoms with Crippen LogP contribution in [0.5, 0.6) is 0 Å². The van der Waals surface area contributed by atoms with Crippen LogP contribution in [0, 0.1) is 11.8 Å². The van der Waals surface area contributed by atoms with Gasteiger partial charge in [-0.1, -0.05) is 0 Å². The van der Waals surface area contributed by atoms with Crippen LogP contribution in [0.25, 0.3) is 0 Å². The minimum Gasteiger partial charge on any atom is -0.481 e.